The van der Waals surface area contributed by atoms with Gasteiger partial charge in [0.25, 0.3) is 6.43 Å². The predicted octanol–water partition coefficient (Wildman–Crippen LogP) is 1.69. The number of carboxylic acid groups (broad SMARTS) is 1. The fraction of sp³-hybridized carbons (Fsp3) is 0.818. The topological polar surface area (TPSA) is 78.4 Å². The first-order chi connectivity index (χ1) is 8.31. The van der Waals surface area contributed by atoms with Gasteiger partial charge in [-0.25, -0.2) is 13.6 Å². The number of halogens is 2. The van der Waals surface area contributed by atoms with Crippen molar-refractivity contribution in [2.75, 3.05) is 13.1 Å². The van der Waals surface area contributed by atoms with Crippen molar-refractivity contribution in [3.8, 4) is 0 Å². The Morgan fingerprint density at radius 3 is 2.17 bits per heavy atom. The molecule has 106 valence electrons. The summed E-state index contributed by atoms with van der Waals surface area (Å²) in [4.78, 5) is 21.7. The van der Waals surface area contributed by atoms with Gasteiger partial charge in [0, 0.05) is 13.0 Å². The number of hydrogen-bond acceptors (Lipinski definition) is 2. The van der Waals surface area contributed by atoms with E-state index in [9.17, 15) is 18.4 Å². The number of alkyl halides is 2. The third-order valence-electron chi connectivity index (χ3n) is 2.24. The maximum atomic E-state index is 11.8. The highest BCUT2D eigenvalue weighted by molar-refractivity contribution is 5.74. The van der Waals surface area contributed by atoms with Crippen LogP contribution in [0, 0.1) is 11.8 Å². The molecule has 7 heteroatoms. The van der Waals surface area contributed by atoms with E-state index in [1.54, 1.807) is 0 Å². The smallest absolute Gasteiger partial charge is 0.314 e. The Kier molecular flexibility index (Phi) is 7.98. The Morgan fingerprint density at radius 2 is 1.72 bits per heavy atom. The minimum Gasteiger partial charge on any atom is -0.481 e. The van der Waals surface area contributed by atoms with Gasteiger partial charge in [-0.05, 0) is 18.3 Å². The highest BCUT2D eigenvalue weighted by Crippen LogP contribution is 2.14. The Morgan fingerprint density at radius 1 is 1.17 bits per heavy atom. The Bertz CT molecular complexity index is 273. The van der Waals surface area contributed by atoms with Crippen LogP contribution < -0.4 is 10.6 Å². The van der Waals surface area contributed by atoms with Crippen molar-refractivity contribution in [3.05, 3.63) is 0 Å². The summed E-state index contributed by atoms with van der Waals surface area (Å²) in [6.07, 6.45) is -1.99. The molecule has 0 heterocycles. The lowest BCUT2D eigenvalue weighted by atomic mass is 9.94. The van der Waals surface area contributed by atoms with E-state index < -0.39 is 25.0 Å². The van der Waals surface area contributed by atoms with E-state index in [0.29, 0.717) is 12.3 Å². The lowest BCUT2D eigenvalue weighted by Gasteiger charge is -2.17. The van der Waals surface area contributed by atoms with Crippen LogP contribution in [0.3, 0.4) is 0 Å². The van der Waals surface area contributed by atoms with Crippen LogP contribution in [-0.2, 0) is 4.79 Å². The summed E-state index contributed by atoms with van der Waals surface area (Å²) in [5.74, 6) is -0.824. The zero-order valence-electron chi connectivity index (χ0n) is 10.6. The number of rotatable bonds is 8. The number of carboxylic acids is 1. The molecular formula is C11H20F2N2O3. The van der Waals surface area contributed by atoms with E-state index in [0.717, 1.165) is 0 Å². The number of hydrogen-bond donors (Lipinski definition) is 3. The number of urea groups is 1. The van der Waals surface area contributed by atoms with Crippen molar-refractivity contribution in [1.29, 1.82) is 0 Å². The van der Waals surface area contributed by atoms with E-state index in [1.165, 1.54) is 0 Å². The summed E-state index contributed by atoms with van der Waals surface area (Å²) < 4.78 is 23.6. The van der Waals surface area contributed by atoms with Crippen LogP contribution in [0.15, 0.2) is 0 Å². The van der Waals surface area contributed by atoms with Crippen LogP contribution in [0.1, 0.15) is 26.7 Å². The summed E-state index contributed by atoms with van der Waals surface area (Å²) in [6.45, 7) is 3.36. The molecule has 0 rings (SSSR count). The monoisotopic (exact) mass is 266 g/mol. The van der Waals surface area contributed by atoms with Crippen LogP contribution in [0.25, 0.3) is 0 Å². The van der Waals surface area contributed by atoms with Crippen LogP contribution in [0.2, 0.25) is 0 Å². The molecule has 0 aliphatic rings. The molecule has 2 amide bonds. The lowest BCUT2D eigenvalue weighted by molar-refractivity contribution is -0.138. The number of carbonyl (C=O) groups is 2. The van der Waals surface area contributed by atoms with E-state index in [4.69, 9.17) is 5.11 Å². The normalized spacial score (nSPS) is 12.6. The molecule has 0 aliphatic carbocycles. The summed E-state index contributed by atoms with van der Waals surface area (Å²) in [6, 6.07) is -0.700. The zero-order chi connectivity index (χ0) is 14.1. The van der Waals surface area contributed by atoms with Gasteiger partial charge in [-0.1, -0.05) is 13.8 Å². The molecule has 1 atom stereocenters. The standard InChI is InChI=1S/C11H20F2N2O3/c1-7(2)3-8(4-10(16)17)5-14-11(18)15-6-9(12)13/h7-9H,3-6H2,1-2H3,(H,16,17)(H2,14,15,18)/t8-/m0/s1. The zero-order valence-corrected chi connectivity index (χ0v) is 10.6. The second-order valence-electron chi connectivity index (χ2n) is 4.58. The van der Waals surface area contributed by atoms with E-state index >= 15 is 0 Å². The van der Waals surface area contributed by atoms with Gasteiger partial charge >= 0.3 is 12.0 Å². The predicted molar refractivity (Wildman–Crippen MR) is 62.6 cm³/mol. The third kappa shape index (κ3) is 9.80. The van der Waals surface area contributed by atoms with Crippen LogP contribution in [0.4, 0.5) is 13.6 Å². The molecule has 0 aromatic rings. The van der Waals surface area contributed by atoms with Crippen molar-refractivity contribution >= 4 is 12.0 Å². The van der Waals surface area contributed by atoms with Crippen molar-refractivity contribution in [1.82, 2.24) is 10.6 Å². The molecule has 0 radical (unpaired) electrons. The van der Waals surface area contributed by atoms with Crippen molar-refractivity contribution in [3.63, 3.8) is 0 Å². The quantitative estimate of drug-likeness (QED) is 0.625. The average molecular weight is 266 g/mol. The van der Waals surface area contributed by atoms with Crippen molar-refractivity contribution in [2.45, 2.75) is 33.1 Å². The van der Waals surface area contributed by atoms with Gasteiger partial charge in [0.2, 0.25) is 0 Å². The molecule has 3 N–H and O–H groups in total. The fourth-order valence-corrected chi connectivity index (χ4v) is 1.62. The SMILES string of the molecule is CC(C)C[C@H](CNC(=O)NCC(F)F)CC(=O)O. The molecule has 18 heavy (non-hydrogen) atoms. The average Bonchev–Trinajstić information content (AvgIpc) is 2.21. The maximum absolute atomic E-state index is 11.8. The molecule has 0 unspecified atom stereocenters. The molecule has 0 aromatic carbocycles. The molecule has 0 saturated carbocycles. The molecule has 5 nitrogen and oxygen atoms in total. The van der Waals surface area contributed by atoms with Crippen LogP contribution in [-0.4, -0.2) is 36.6 Å². The van der Waals surface area contributed by atoms with Crippen LogP contribution >= 0.6 is 0 Å². The Labute approximate surface area is 105 Å². The number of aliphatic carboxylic acids is 1. The van der Waals surface area contributed by atoms with E-state index in [2.05, 4.69) is 5.32 Å². The number of nitrogens with one attached hydrogen (secondary N) is 2. The summed E-state index contributed by atoms with van der Waals surface area (Å²) in [5, 5.41) is 13.1. The van der Waals surface area contributed by atoms with Gasteiger partial charge in [-0.15, -0.1) is 0 Å². The molecule has 0 saturated heterocycles. The minimum absolute atomic E-state index is 0.0483. The number of carbonyl (C=O) groups excluding carboxylic acids is 1. The third-order valence-corrected chi connectivity index (χ3v) is 2.24. The Hall–Kier alpha value is -1.40. The largest absolute Gasteiger partial charge is 0.481 e. The summed E-state index contributed by atoms with van der Waals surface area (Å²) >= 11 is 0. The fourth-order valence-electron chi connectivity index (χ4n) is 1.62. The van der Waals surface area contributed by atoms with Gasteiger partial charge < -0.3 is 15.7 Å². The highest BCUT2D eigenvalue weighted by atomic mass is 19.3. The second-order valence-corrected chi connectivity index (χ2v) is 4.58. The maximum Gasteiger partial charge on any atom is 0.314 e. The molecule has 0 aliphatic heterocycles. The van der Waals surface area contributed by atoms with E-state index in [1.807, 2.05) is 19.2 Å². The first kappa shape index (κ1) is 16.6. The lowest BCUT2D eigenvalue weighted by Crippen LogP contribution is -2.40. The molecular weight excluding hydrogens is 246 g/mol. The highest BCUT2D eigenvalue weighted by Gasteiger charge is 2.16. The van der Waals surface area contributed by atoms with Gasteiger partial charge in [0.15, 0.2) is 0 Å². The second kappa shape index (κ2) is 8.66. The molecule has 0 aromatic heterocycles. The summed E-state index contributed by atoms with van der Waals surface area (Å²) in [5.41, 5.74) is 0. The van der Waals surface area contributed by atoms with Crippen LogP contribution in [0.5, 0.6) is 0 Å². The number of amides is 2. The van der Waals surface area contributed by atoms with E-state index in [-0.39, 0.29) is 18.9 Å². The van der Waals surface area contributed by atoms with Crippen molar-refractivity contribution in [2.24, 2.45) is 11.8 Å². The molecule has 0 spiro atoms. The Balaban J connectivity index is 4.00. The molecule has 0 bridgehead atoms. The first-order valence-electron chi connectivity index (χ1n) is 5.82. The van der Waals surface area contributed by atoms with Gasteiger partial charge in [0.1, 0.15) is 0 Å². The summed E-state index contributed by atoms with van der Waals surface area (Å²) in [7, 11) is 0. The van der Waals surface area contributed by atoms with Gasteiger partial charge in [-0.2, -0.15) is 0 Å². The minimum atomic E-state index is -2.60. The van der Waals surface area contributed by atoms with Gasteiger partial charge in [-0.3, -0.25) is 4.79 Å². The first-order valence-corrected chi connectivity index (χ1v) is 5.82. The van der Waals surface area contributed by atoms with Gasteiger partial charge in [0.05, 0.1) is 6.54 Å². The molecule has 0 fully saturated rings. The van der Waals surface area contributed by atoms with Crippen molar-refractivity contribution < 1.29 is 23.5 Å².